The Hall–Kier alpha value is -6.10. The third-order valence-electron chi connectivity index (χ3n) is 13.0. The molecule has 12 nitrogen and oxygen atoms in total. The van der Waals surface area contributed by atoms with Crippen molar-refractivity contribution in [1.29, 1.82) is 0 Å². The van der Waals surface area contributed by atoms with E-state index in [1.54, 1.807) is 7.11 Å². The van der Waals surface area contributed by atoms with E-state index in [1.807, 2.05) is 206 Å². The summed E-state index contributed by atoms with van der Waals surface area (Å²) in [5, 5.41) is 12.0. The Morgan fingerprint density at radius 3 is 1.05 bits per heavy atom. The molecule has 1 N–H and O–H groups in total. The maximum absolute atomic E-state index is 12.0. The summed E-state index contributed by atoms with van der Waals surface area (Å²) in [7, 11) is 1.63. The number of aliphatic hydroxyl groups is 1. The van der Waals surface area contributed by atoms with Crippen molar-refractivity contribution in [1.82, 2.24) is 0 Å². The van der Waals surface area contributed by atoms with Crippen LogP contribution in [-0.4, -0.2) is 86.8 Å². The van der Waals surface area contributed by atoms with Crippen LogP contribution >= 0.6 is 0 Å². The van der Waals surface area contributed by atoms with Crippen molar-refractivity contribution >= 4 is 0 Å². The van der Waals surface area contributed by atoms with E-state index in [0.29, 0.717) is 6.61 Å². The van der Waals surface area contributed by atoms with Gasteiger partial charge in [0.05, 0.1) is 66.6 Å². The zero-order valence-corrected chi connectivity index (χ0v) is 41.7. The van der Waals surface area contributed by atoms with E-state index < -0.39 is 61.4 Å². The van der Waals surface area contributed by atoms with E-state index in [2.05, 4.69) is 0 Å². The highest BCUT2D eigenvalue weighted by Gasteiger charge is 2.52. The van der Waals surface area contributed by atoms with Gasteiger partial charge in [0.2, 0.25) is 0 Å². The van der Waals surface area contributed by atoms with E-state index in [0.717, 1.165) is 44.7 Å². The lowest BCUT2D eigenvalue weighted by atomic mass is 9.97. The van der Waals surface area contributed by atoms with Crippen molar-refractivity contribution in [3.8, 4) is 5.75 Å². The Kier molecular flexibility index (Phi) is 19.9. The fraction of sp³-hybridized carbons (Fsp3) is 0.323. The highest BCUT2D eigenvalue weighted by Crippen LogP contribution is 2.35. The average molecular weight is 1000 g/mol. The lowest BCUT2D eigenvalue weighted by Crippen LogP contribution is -2.63. The number of benzene rings is 7. The number of rotatable bonds is 26. The van der Waals surface area contributed by atoms with Crippen molar-refractivity contribution in [2.75, 3.05) is 20.3 Å². The zero-order valence-electron chi connectivity index (χ0n) is 41.7. The summed E-state index contributed by atoms with van der Waals surface area (Å²) in [6.07, 6.45) is -8.93. The second-order valence-electron chi connectivity index (χ2n) is 18.4. The van der Waals surface area contributed by atoms with Crippen LogP contribution in [0.3, 0.4) is 0 Å². The molecule has 7 aromatic rings. The molecule has 74 heavy (non-hydrogen) atoms. The minimum absolute atomic E-state index is 0.112. The van der Waals surface area contributed by atoms with Gasteiger partial charge in [0, 0.05) is 0 Å². The molecule has 2 heterocycles. The largest absolute Gasteiger partial charge is 0.497 e. The smallest absolute Gasteiger partial charge is 0.187 e. The van der Waals surface area contributed by atoms with Gasteiger partial charge in [-0.3, -0.25) is 0 Å². The van der Waals surface area contributed by atoms with Crippen LogP contribution in [0.15, 0.2) is 206 Å². The second-order valence-corrected chi connectivity index (χ2v) is 18.4. The van der Waals surface area contributed by atoms with Crippen molar-refractivity contribution < 1.29 is 57.2 Å². The fourth-order valence-corrected chi connectivity index (χ4v) is 9.12. The number of hydrogen-bond donors (Lipinski definition) is 1. The molecular formula is C62H66O12. The predicted molar refractivity (Wildman–Crippen MR) is 278 cm³/mol. The fourth-order valence-electron chi connectivity index (χ4n) is 9.12. The molecule has 0 spiro atoms. The molecule has 0 aromatic heterocycles. The van der Waals surface area contributed by atoms with E-state index in [4.69, 9.17) is 52.1 Å². The van der Waals surface area contributed by atoms with Crippen LogP contribution in [0.5, 0.6) is 5.75 Å². The van der Waals surface area contributed by atoms with Crippen molar-refractivity contribution in [2.24, 2.45) is 0 Å². The second kappa shape index (κ2) is 28.0. The molecule has 2 fully saturated rings. The minimum Gasteiger partial charge on any atom is -0.497 e. The maximum Gasteiger partial charge on any atom is 0.187 e. The summed E-state index contributed by atoms with van der Waals surface area (Å²) in [6.45, 7) is 1.75. The van der Waals surface area contributed by atoms with Gasteiger partial charge in [-0.05, 0) is 51.1 Å². The van der Waals surface area contributed by atoms with Crippen LogP contribution in [0.2, 0.25) is 0 Å². The Morgan fingerprint density at radius 1 is 0.324 bits per heavy atom. The molecule has 0 amide bonds. The molecule has 0 bridgehead atoms. The number of ether oxygens (including phenoxy) is 11. The summed E-state index contributed by atoms with van der Waals surface area (Å²) in [6, 6.07) is 67.3. The van der Waals surface area contributed by atoms with Crippen molar-refractivity contribution in [3.05, 3.63) is 245 Å². The lowest BCUT2D eigenvalue weighted by Gasteiger charge is -2.47. The SMILES string of the molecule is COc1ccc(CO[C@@H]2[C@@H](OCc3ccccc3)[C@H](O)O[C@H](CO[C@@H]3O[C@H](COCc4ccccc4)[C@H](OCc4ccccc4)[C@H](OCc4ccccc4)[C@H]3OCc3ccccc3)[C@@H]2OCc2ccccc2)cc1. The van der Waals surface area contributed by atoms with Gasteiger partial charge in [-0.1, -0.05) is 194 Å². The van der Waals surface area contributed by atoms with Gasteiger partial charge in [-0.2, -0.15) is 0 Å². The average Bonchev–Trinajstić information content (AvgIpc) is 3.46. The number of hydrogen-bond acceptors (Lipinski definition) is 12. The van der Waals surface area contributed by atoms with Gasteiger partial charge >= 0.3 is 0 Å². The summed E-state index contributed by atoms with van der Waals surface area (Å²) < 4.78 is 73.5. The molecule has 2 aliphatic heterocycles. The molecule has 10 atom stereocenters. The first-order valence-electron chi connectivity index (χ1n) is 25.3. The molecular weight excluding hydrogens is 937 g/mol. The topological polar surface area (TPSA) is 122 Å². The standard InChI is InChI=1S/C62H66O12/c1-64-52-34-32-51(33-35-52)42-68-57-56(67-38-47-24-12-4-13-25-47)54(73-61(63)59(57)70-40-49-28-16-6-17-29-49)44-72-62-60(71-41-50-30-18-7-19-31-50)58(69-39-48-26-14-5-15-27-48)55(66-37-46-22-10-3-11-23-46)53(74-62)43-65-36-45-20-8-2-9-21-45/h2-35,53-63H,36-44H2,1H3/t53-,54-,55+,56+,57+,58+,59-,60-,61-,62-/m1/s1. The lowest BCUT2D eigenvalue weighted by molar-refractivity contribution is -0.349. The normalized spacial score (nSPS) is 23.8. The molecule has 12 heteroatoms. The van der Waals surface area contributed by atoms with E-state index in [1.165, 1.54) is 0 Å². The molecule has 7 aromatic carbocycles. The van der Waals surface area contributed by atoms with Crippen LogP contribution in [-0.2, 0) is 93.6 Å². The van der Waals surface area contributed by atoms with E-state index in [9.17, 15) is 5.11 Å². The predicted octanol–water partition coefficient (Wildman–Crippen LogP) is 10.2. The Balaban J connectivity index is 1.04. The summed E-state index contributed by atoms with van der Waals surface area (Å²) in [5.41, 5.74) is 6.69. The highest BCUT2D eigenvalue weighted by molar-refractivity contribution is 5.27. The molecule has 2 aliphatic rings. The Labute approximate surface area is 434 Å². The van der Waals surface area contributed by atoms with Gasteiger partial charge in [-0.15, -0.1) is 0 Å². The van der Waals surface area contributed by atoms with Crippen LogP contribution < -0.4 is 4.74 Å². The minimum atomic E-state index is -1.43. The maximum atomic E-state index is 12.0. The molecule has 9 rings (SSSR count). The van der Waals surface area contributed by atoms with Gasteiger partial charge in [0.15, 0.2) is 12.6 Å². The molecule has 0 radical (unpaired) electrons. The first-order chi connectivity index (χ1) is 36.6. The molecule has 2 saturated heterocycles. The van der Waals surface area contributed by atoms with Gasteiger partial charge < -0.3 is 57.2 Å². The van der Waals surface area contributed by atoms with Gasteiger partial charge in [0.25, 0.3) is 0 Å². The molecule has 0 saturated carbocycles. The third kappa shape index (κ3) is 15.3. The quantitative estimate of drug-likeness (QED) is 0.0556. The first kappa shape index (κ1) is 52.8. The van der Waals surface area contributed by atoms with Crippen LogP contribution in [0.4, 0.5) is 0 Å². The highest BCUT2D eigenvalue weighted by atomic mass is 16.7. The van der Waals surface area contributed by atoms with Crippen molar-refractivity contribution in [2.45, 2.75) is 108 Å². The molecule has 0 unspecified atom stereocenters. The first-order valence-corrected chi connectivity index (χ1v) is 25.3. The van der Waals surface area contributed by atoms with Gasteiger partial charge in [0.1, 0.15) is 54.6 Å². The summed E-state index contributed by atoms with van der Waals surface area (Å²) >= 11 is 0. The van der Waals surface area contributed by atoms with Crippen LogP contribution in [0.1, 0.15) is 38.9 Å². The molecule has 0 aliphatic carbocycles. The number of methoxy groups -OCH3 is 1. The Morgan fingerprint density at radius 2 is 0.649 bits per heavy atom. The zero-order chi connectivity index (χ0) is 50.6. The van der Waals surface area contributed by atoms with Crippen molar-refractivity contribution in [3.63, 3.8) is 0 Å². The van der Waals surface area contributed by atoms with E-state index >= 15 is 0 Å². The van der Waals surface area contributed by atoms with Crippen LogP contribution in [0, 0.1) is 0 Å². The summed E-state index contributed by atoms with van der Waals surface area (Å²) in [5.74, 6) is 0.725. The monoisotopic (exact) mass is 1000 g/mol. The van der Waals surface area contributed by atoms with Crippen LogP contribution in [0.25, 0.3) is 0 Å². The Bertz CT molecular complexity index is 2620. The number of aliphatic hydroxyl groups excluding tert-OH is 1. The summed E-state index contributed by atoms with van der Waals surface area (Å²) in [4.78, 5) is 0. The van der Waals surface area contributed by atoms with E-state index in [-0.39, 0.29) is 52.9 Å². The van der Waals surface area contributed by atoms with Gasteiger partial charge in [-0.25, -0.2) is 0 Å². The third-order valence-corrected chi connectivity index (χ3v) is 13.0. The molecule has 386 valence electrons.